The first-order chi connectivity index (χ1) is 15.0. The summed E-state index contributed by atoms with van der Waals surface area (Å²) in [6.45, 7) is 9.16. The van der Waals surface area contributed by atoms with Gasteiger partial charge in [0.25, 0.3) is 5.91 Å². The van der Waals surface area contributed by atoms with E-state index in [-0.39, 0.29) is 18.0 Å². The zero-order valence-electron chi connectivity index (χ0n) is 18.9. The maximum absolute atomic E-state index is 13.0. The first kappa shape index (κ1) is 21.2. The fourth-order valence-electron chi connectivity index (χ4n) is 4.23. The number of fused-ring (bicyclic) bond motifs is 1. The molecule has 1 aliphatic heterocycles. The van der Waals surface area contributed by atoms with Crippen LogP contribution in [0.5, 0.6) is 0 Å². The molecule has 0 saturated heterocycles. The maximum atomic E-state index is 13.0. The van der Waals surface area contributed by atoms with E-state index in [2.05, 4.69) is 79.8 Å². The molecule has 0 aliphatic carbocycles. The van der Waals surface area contributed by atoms with Crippen LogP contribution in [0.3, 0.4) is 0 Å². The number of hydrogen-bond donors (Lipinski definition) is 2. The van der Waals surface area contributed by atoms with Gasteiger partial charge in [0, 0.05) is 6.54 Å². The van der Waals surface area contributed by atoms with Crippen LogP contribution in [0.2, 0.25) is 0 Å². The van der Waals surface area contributed by atoms with Crippen LogP contribution in [0, 0.1) is 12.8 Å². The van der Waals surface area contributed by atoms with Crippen molar-refractivity contribution in [1.82, 2.24) is 15.1 Å². The average Bonchev–Trinajstić information content (AvgIpc) is 3.22. The first-order valence-electron chi connectivity index (χ1n) is 11.2. The van der Waals surface area contributed by atoms with Crippen molar-refractivity contribution in [1.29, 1.82) is 0 Å². The van der Waals surface area contributed by atoms with E-state index in [1.807, 2.05) is 16.8 Å². The Bertz CT molecular complexity index is 1030. The van der Waals surface area contributed by atoms with Gasteiger partial charge in [-0.2, -0.15) is 5.10 Å². The van der Waals surface area contributed by atoms with Crippen LogP contribution < -0.4 is 10.6 Å². The lowest BCUT2D eigenvalue weighted by atomic mass is 9.90. The third kappa shape index (κ3) is 4.50. The van der Waals surface area contributed by atoms with Gasteiger partial charge in [-0.3, -0.25) is 4.79 Å². The third-order valence-electron chi connectivity index (χ3n) is 6.28. The van der Waals surface area contributed by atoms with Crippen LogP contribution in [0.15, 0.2) is 54.7 Å². The van der Waals surface area contributed by atoms with Crippen LogP contribution >= 0.6 is 0 Å². The summed E-state index contributed by atoms with van der Waals surface area (Å²) in [5.74, 6) is 1.14. The maximum Gasteiger partial charge on any atom is 0.256 e. The van der Waals surface area contributed by atoms with Crippen molar-refractivity contribution in [2.75, 3.05) is 5.32 Å². The monoisotopic (exact) mass is 416 g/mol. The molecule has 2 aromatic carbocycles. The number of carbonyl (C=O) groups excluding carboxylic acids is 1. The van der Waals surface area contributed by atoms with Gasteiger partial charge in [0.05, 0.1) is 18.3 Å². The topological polar surface area (TPSA) is 59.0 Å². The molecule has 5 nitrogen and oxygen atoms in total. The Morgan fingerprint density at radius 1 is 1.13 bits per heavy atom. The van der Waals surface area contributed by atoms with Crippen molar-refractivity contribution in [3.8, 4) is 0 Å². The fourth-order valence-corrected chi connectivity index (χ4v) is 4.23. The molecular weight excluding hydrogens is 384 g/mol. The largest absolute Gasteiger partial charge is 0.363 e. The van der Waals surface area contributed by atoms with Gasteiger partial charge in [-0.15, -0.1) is 0 Å². The highest BCUT2D eigenvalue weighted by Gasteiger charge is 2.33. The van der Waals surface area contributed by atoms with E-state index in [1.165, 1.54) is 16.7 Å². The van der Waals surface area contributed by atoms with Crippen LogP contribution in [-0.4, -0.2) is 15.7 Å². The van der Waals surface area contributed by atoms with E-state index in [4.69, 9.17) is 0 Å². The lowest BCUT2D eigenvalue weighted by molar-refractivity contribution is 0.0951. The highest BCUT2D eigenvalue weighted by atomic mass is 16.1. The molecule has 0 bridgehead atoms. The molecule has 0 unspecified atom stereocenters. The fraction of sp³-hybridized carbons (Fsp3) is 0.385. The zero-order valence-corrected chi connectivity index (χ0v) is 18.9. The van der Waals surface area contributed by atoms with Crippen molar-refractivity contribution in [3.05, 3.63) is 82.5 Å². The van der Waals surface area contributed by atoms with Crippen LogP contribution in [0.1, 0.15) is 71.9 Å². The number of rotatable bonds is 6. The molecular formula is C26H32N4O. The van der Waals surface area contributed by atoms with Crippen molar-refractivity contribution in [3.63, 3.8) is 0 Å². The molecule has 4 rings (SSSR count). The second kappa shape index (κ2) is 8.96. The molecule has 0 fully saturated rings. The quantitative estimate of drug-likeness (QED) is 0.563. The summed E-state index contributed by atoms with van der Waals surface area (Å²) in [4.78, 5) is 13.0. The van der Waals surface area contributed by atoms with Gasteiger partial charge >= 0.3 is 0 Å². The van der Waals surface area contributed by atoms with Crippen molar-refractivity contribution in [2.45, 2.75) is 59.2 Å². The Morgan fingerprint density at radius 3 is 2.45 bits per heavy atom. The summed E-state index contributed by atoms with van der Waals surface area (Å²) >= 11 is 0. The van der Waals surface area contributed by atoms with Crippen LogP contribution in [0.25, 0.3) is 0 Å². The summed E-state index contributed by atoms with van der Waals surface area (Å²) in [5, 5.41) is 11.3. The minimum atomic E-state index is -0.0983. The minimum Gasteiger partial charge on any atom is -0.363 e. The summed E-state index contributed by atoms with van der Waals surface area (Å²) in [5.41, 5.74) is 5.49. The van der Waals surface area contributed by atoms with Crippen molar-refractivity contribution < 1.29 is 4.79 Å². The van der Waals surface area contributed by atoms with Gasteiger partial charge in [0.2, 0.25) is 0 Å². The Morgan fingerprint density at radius 2 is 1.81 bits per heavy atom. The lowest BCUT2D eigenvalue weighted by Gasteiger charge is -2.35. The molecule has 0 saturated carbocycles. The number of carbonyl (C=O) groups is 1. The number of nitrogens with zero attached hydrogens (tertiary/aromatic N) is 2. The highest BCUT2D eigenvalue weighted by Crippen LogP contribution is 2.39. The van der Waals surface area contributed by atoms with Crippen molar-refractivity contribution in [2.24, 2.45) is 5.92 Å². The Balaban J connectivity index is 1.56. The number of nitrogens with one attached hydrogen (secondary N) is 2. The number of anilines is 1. The second-order valence-corrected chi connectivity index (χ2v) is 8.86. The van der Waals surface area contributed by atoms with Crippen LogP contribution in [-0.2, 0) is 13.0 Å². The minimum absolute atomic E-state index is 0.0983. The smallest absolute Gasteiger partial charge is 0.256 e. The molecule has 1 aromatic heterocycles. The molecule has 0 spiro atoms. The van der Waals surface area contributed by atoms with Gasteiger partial charge in [0.15, 0.2) is 0 Å². The number of aromatic nitrogens is 2. The molecule has 162 valence electrons. The number of aryl methyl sites for hydroxylation is 2. The summed E-state index contributed by atoms with van der Waals surface area (Å²) in [7, 11) is 0. The van der Waals surface area contributed by atoms with Gasteiger partial charge < -0.3 is 10.6 Å². The zero-order chi connectivity index (χ0) is 22.0. The Labute approximate surface area is 184 Å². The SMILES string of the molecule is CCc1ccc([C@@H]2C[C@H](C(C)C)n3ncc(C(=O)NCc4ccc(C)cc4)c3N2)cc1. The van der Waals surface area contributed by atoms with E-state index < -0.39 is 0 Å². The van der Waals surface area contributed by atoms with E-state index in [0.717, 1.165) is 24.2 Å². The predicted molar refractivity (Wildman–Crippen MR) is 125 cm³/mol. The summed E-state index contributed by atoms with van der Waals surface area (Å²) < 4.78 is 2.00. The normalized spacial score (nSPS) is 17.8. The Hall–Kier alpha value is -3.08. The van der Waals surface area contributed by atoms with Gasteiger partial charge in [0.1, 0.15) is 11.4 Å². The third-order valence-corrected chi connectivity index (χ3v) is 6.28. The van der Waals surface area contributed by atoms with Gasteiger partial charge in [-0.25, -0.2) is 4.68 Å². The molecule has 2 heterocycles. The van der Waals surface area contributed by atoms with E-state index in [9.17, 15) is 4.79 Å². The van der Waals surface area contributed by atoms with Crippen molar-refractivity contribution >= 4 is 11.7 Å². The molecule has 3 aromatic rings. The van der Waals surface area contributed by atoms with E-state index in [0.29, 0.717) is 18.0 Å². The molecule has 2 N–H and O–H groups in total. The molecule has 2 atom stereocenters. The Kier molecular flexibility index (Phi) is 6.12. The highest BCUT2D eigenvalue weighted by molar-refractivity contribution is 5.98. The number of amides is 1. The molecule has 0 radical (unpaired) electrons. The van der Waals surface area contributed by atoms with E-state index >= 15 is 0 Å². The van der Waals surface area contributed by atoms with Gasteiger partial charge in [-0.1, -0.05) is 74.9 Å². The second-order valence-electron chi connectivity index (χ2n) is 8.86. The predicted octanol–water partition coefficient (Wildman–Crippen LogP) is 5.44. The number of hydrogen-bond acceptors (Lipinski definition) is 3. The molecule has 1 aliphatic rings. The number of benzene rings is 2. The first-order valence-corrected chi connectivity index (χ1v) is 11.2. The van der Waals surface area contributed by atoms with Crippen LogP contribution in [0.4, 0.5) is 5.82 Å². The molecule has 1 amide bonds. The lowest BCUT2D eigenvalue weighted by Crippen LogP contribution is -2.31. The summed E-state index contributed by atoms with van der Waals surface area (Å²) in [6, 6.07) is 17.4. The average molecular weight is 417 g/mol. The molecule has 31 heavy (non-hydrogen) atoms. The van der Waals surface area contributed by atoms with E-state index in [1.54, 1.807) is 6.20 Å². The standard InChI is InChI=1S/C26H32N4O/c1-5-19-10-12-21(13-11-19)23-14-24(17(2)3)30-25(29-23)22(16-28-30)26(31)27-15-20-8-6-18(4)7-9-20/h6-13,16-17,23-24,29H,5,14-15H2,1-4H3,(H,27,31)/t23-,24+/m0/s1. The summed E-state index contributed by atoms with van der Waals surface area (Å²) in [6.07, 6.45) is 3.68. The van der Waals surface area contributed by atoms with Gasteiger partial charge in [-0.05, 0) is 42.4 Å². The molecule has 5 heteroatoms.